The van der Waals surface area contributed by atoms with E-state index in [1.807, 2.05) is 13.1 Å². The van der Waals surface area contributed by atoms with Gasteiger partial charge in [0.1, 0.15) is 11.0 Å². The molecule has 8 atom stereocenters. The zero-order valence-corrected chi connectivity index (χ0v) is 20.6. The average Bonchev–Trinajstić information content (AvgIpc) is 3.32. The summed E-state index contributed by atoms with van der Waals surface area (Å²) in [4.78, 5) is 17.9. The number of aliphatic hydroxyl groups is 1. The molecule has 6 rings (SSSR count). The fourth-order valence-corrected chi connectivity index (χ4v) is 9.04. The molecule has 0 radical (unpaired) electrons. The summed E-state index contributed by atoms with van der Waals surface area (Å²) in [5.74, 6) is 4.21. The van der Waals surface area contributed by atoms with Gasteiger partial charge in [-0.25, -0.2) is 0 Å². The van der Waals surface area contributed by atoms with Crippen LogP contribution in [0.25, 0.3) is 11.0 Å². The summed E-state index contributed by atoms with van der Waals surface area (Å²) in [6.45, 7) is 4.78. The van der Waals surface area contributed by atoms with Crippen LogP contribution in [0.2, 0.25) is 5.02 Å². The third kappa shape index (κ3) is 3.65. The lowest BCUT2D eigenvalue weighted by Crippen LogP contribution is -2.51. The van der Waals surface area contributed by atoms with Crippen molar-refractivity contribution in [2.45, 2.75) is 83.8 Å². The van der Waals surface area contributed by atoms with Gasteiger partial charge in [-0.15, -0.1) is 0 Å². The first-order valence-electron chi connectivity index (χ1n) is 13.0. The molecule has 0 bridgehead atoms. The number of pyridine rings is 1. The highest BCUT2D eigenvalue weighted by molar-refractivity contribution is 6.31. The predicted molar refractivity (Wildman–Crippen MR) is 129 cm³/mol. The van der Waals surface area contributed by atoms with E-state index >= 15 is 0 Å². The zero-order valence-electron chi connectivity index (χ0n) is 19.8. The fraction of sp³-hybridized carbons (Fsp3) is 0.741. The Hall–Kier alpha value is -1.46. The van der Waals surface area contributed by atoms with Gasteiger partial charge in [0.05, 0.1) is 23.4 Å². The lowest BCUT2D eigenvalue weighted by molar-refractivity contribution is -0.133. The second-order valence-electron chi connectivity index (χ2n) is 12.2. The van der Waals surface area contributed by atoms with Gasteiger partial charge in [0, 0.05) is 12.1 Å². The van der Waals surface area contributed by atoms with E-state index < -0.39 is 5.60 Å². The molecule has 4 fully saturated rings. The molecule has 0 saturated heterocycles. The minimum absolute atomic E-state index is 0.124. The van der Waals surface area contributed by atoms with Crippen LogP contribution in [0.3, 0.4) is 0 Å². The van der Waals surface area contributed by atoms with Crippen LogP contribution in [-0.2, 0) is 11.3 Å². The van der Waals surface area contributed by atoms with Crippen molar-refractivity contribution in [2.24, 2.45) is 40.9 Å². The van der Waals surface area contributed by atoms with E-state index in [0.717, 1.165) is 48.0 Å². The van der Waals surface area contributed by atoms with Gasteiger partial charge in [-0.1, -0.05) is 18.5 Å². The van der Waals surface area contributed by atoms with E-state index in [-0.39, 0.29) is 11.3 Å². The third-order valence-corrected chi connectivity index (χ3v) is 10.5. The highest BCUT2D eigenvalue weighted by Crippen LogP contribution is 2.64. The van der Waals surface area contributed by atoms with Crippen molar-refractivity contribution in [3.63, 3.8) is 0 Å². The molecule has 0 spiro atoms. The van der Waals surface area contributed by atoms with Crippen molar-refractivity contribution in [2.75, 3.05) is 0 Å². The molecule has 0 aliphatic heterocycles. The number of ketones is 1. The van der Waals surface area contributed by atoms with E-state index in [4.69, 9.17) is 11.6 Å². The lowest BCUT2D eigenvalue weighted by atomic mass is 9.49. The molecular weight excluding hydrogens is 434 g/mol. The van der Waals surface area contributed by atoms with Gasteiger partial charge in [0.2, 0.25) is 0 Å². The van der Waals surface area contributed by atoms with Crippen LogP contribution in [0, 0.1) is 40.9 Å². The topological polar surface area (TPSA) is 68.0 Å². The Morgan fingerprint density at radius 2 is 1.91 bits per heavy atom. The first-order chi connectivity index (χ1) is 15.7. The number of hydrogen-bond donors (Lipinski definition) is 1. The molecule has 2 aromatic heterocycles. The van der Waals surface area contributed by atoms with Crippen molar-refractivity contribution < 1.29 is 9.90 Å². The van der Waals surface area contributed by atoms with Gasteiger partial charge in [-0.05, 0) is 106 Å². The lowest BCUT2D eigenvalue weighted by Gasteiger charge is -2.56. The Kier molecular flexibility index (Phi) is 5.19. The maximum atomic E-state index is 13.5. The number of rotatable bonds is 3. The van der Waals surface area contributed by atoms with Gasteiger partial charge in [-0.2, -0.15) is 5.10 Å². The molecule has 1 N–H and O–H groups in total. The van der Waals surface area contributed by atoms with Crippen molar-refractivity contribution in [3.8, 4) is 0 Å². The average molecular weight is 470 g/mol. The third-order valence-electron chi connectivity index (χ3n) is 10.3. The number of carbonyl (C=O) groups excluding carboxylic acids is 1. The fourth-order valence-electron chi connectivity index (χ4n) is 8.89. The smallest absolute Gasteiger partial charge is 0.157 e. The number of Topliss-reactive ketones (excluding diaryl/α,β-unsaturated/α-hetero) is 1. The molecule has 178 valence electrons. The van der Waals surface area contributed by atoms with Crippen molar-refractivity contribution in [1.82, 2.24) is 14.8 Å². The van der Waals surface area contributed by atoms with E-state index in [2.05, 4.69) is 17.0 Å². The van der Waals surface area contributed by atoms with Crippen LogP contribution in [0.4, 0.5) is 0 Å². The number of nitrogens with zero attached hydrogens (tertiary/aromatic N) is 3. The van der Waals surface area contributed by atoms with E-state index in [1.54, 1.807) is 16.9 Å². The molecule has 4 aliphatic carbocycles. The van der Waals surface area contributed by atoms with Gasteiger partial charge >= 0.3 is 0 Å². The number of carbonyl (C=O) groups is 1. The Bertz CT molecular complexity index is 1080. The van der Waals surface area contributed by atoms with Gasteiger partial charge in [-0.3, -0.25) is 14.5 Å². The highest BCUT2D eigenvalue weighted by atomic mass is 35.5. The second kappa shape index (κ2) is 7.78. The minimum atomic E-state index is -0.458. The molecular formula is C27H36ClN3O2. The number of hydrogen-bond acceptors (Lipinski definition) is 4. The predicted octanol–water partition coefficient (Wildman–Crippen LogP) is 5.67. The monoisotopic (exact) mass is 469 g/mol. The summed E-state index contributed by atoms with van der Waals surface area (Å²) in [6.07, 6.45) is 13.8. The second-order valence-corrected chi connectivity index (χ2v) is 12.6. The quantitative estimate of drug-likeness (QED) is 0.628. The van der Waals surface area contributed by atoms with Crippen molar-refractivity contribution in [3.05, 3.63) is 23.5 Å². The van der Waals surface area contributed by atoms with E-state index in [9.17, 15) is 9.90 Å². The SMILES string of the molecule is C[C@@]1(O)CC[C@H]2[C@H](CC[C@@H]3[C@@H]2CC[C@]2(C)[C@@H](C(=O)Cn4cc5ncc(Cl)cc5n4)CC[C@@H]32)C1. The van der Waals surface area contributed by atoms with Gasteiger partial charge in [0.25, 0.3) is 0 Å². The summed E-state index contributed by atoms with van der Waals surface area (Å²) in [5.41, 5.74) is 1.19. The van der Waals surface area contributed by atoms with Crippen LogP contribution in [0.5, 0.6) is 0 Å². The molecule has 5 nitrogen and oxygen atoms in total. The minimum Gasteiger partial charge on any atom is -0.390 e. The summed E-state index contributed by atoms with van der Waals surface area (Å²) < 4.78 is 1.76. The molecule has 6 heteroatoms. The Balaban J connectivity index is 1.18. The van der Waals surface area contributed by atoms with Gasteiger partial charge < -0.3 is 5.11 Å². The van der Waals surface area contributed by atoms with Crippen molar-refractivity contribution in [1.29, 1.82) is 0 Å². The molecule has 2 aromatic rings. The standard InChI is InChI=1S/C27H36ClN3O2/c1-26(33)9-7-18-16(12-26)3-4-20-19(18)8-10-27(2)21(20)5-6-22(27)25(32)15-31-14-24-23(30-31)11-17(28)13-29-24/h11,13-14,16,18-22,33H,3-10,12,15H2,1-2H3/t16-,18+,19-,20-,21+,22-,26-,27+/m1/s1. The van der Waals surface area contributed by atoms with Crippen molar-refractivity contribution >= 4 is 28.4 Å². The maximum Gasteiger partial charge on any atom is 0.157 e. The summed E-state index contributed by atoms with van der Waals surface area (Å²) in [7, 11) is 0. The van der Waals surface area contributed by atoms with Crippen LogP contribution in [0.1, 0.15) is 71.6 Å². The first-order valence-corrected chi connectivity index (χ1v) is 13.4. The Morgan fingerprint density at radius 3 is 2.76 bits per heavy atom. The van der Waals surface area contributed by atoms with Gasteiger partial charge in [0.15, 0.2) is 5.78 Å². The highest BCUT2D eigenvalue weighted by Gasteiger charge is 2.58. The molecule has 4 aliphatic rings. The van der Waals surface area contributed by atoms with Crippen LogP contribution in [-0.4, -0.2) is 31.3 Å². The Morgan fingerprint density at radius 1 is 1.09 bits per heavy atom. The normalized spacial score (nSPS) is 42.5. The van der Waals surface area contributed by atoms with E-state index in [0.29, 0.717) is 29.2 Å². The first kappa shape index (κ1) is 22.0. The van der Waals surface area contributed by atoms with Crippen LogP contribution in [0.15, 0.2) is 18.5 Å². The van der Waals surface area contributed by atoms with Crippen LogP contribution >= 0.6 is 11.6 Å². The summed E-state index contributed by atoms with van der Waals surface area (Å²) in [5, 5.41) is 15.8. The van der Waals surface area contributed by atoms with Crippen LogP contribution < -0.4 is 0 Å². The molecule has 33 heavy (non-hydrogen) atoms. The summed E-state index contributed by atoms with van der Waals surface area (Å²) >= 11 is 6.05. The number of aromatic nitrogens is 3. The molecule has 4 saturated carbocycles. The largest absolute Gasteiger partial charge is 0.390 e. The van der Waals surface area contributed by atoms with E-state index in [1.165, 1.54) is 38.5 Å². The molecule has 0 aromatic carbocycles. The molecule has 0 amide bonds. The maximum absolute atomic E-state index is 13.5. The number of halogens is 1. The molecule has 2 heterocycles. The Labute approximate surface area is 201 Å². The molecule has 0 unspecified atom stereocenters. The summed E-state index contributed by atoms with van der Waals surface area (Å²) in [6, 6.07) is 1.81. The zero-order chi connectivity index (χ0) is 23.0. The number of fused-ring (bicyclic) bond motifs is 6.